The van der Waals surface area contributed by atoms with Crippen LogP contribution in [0, 0.1) is 0 Å². The second-order valence-electron chi connectivity index (χ2n) is 7.76. The van der Waals surface area contributed by atoms with Crippen LogP contribution in [0.2, 0.25) is 0 Å². The minimum absolute atomic E-state index is 0.170. The number of aromatic nitrogens is 4. The van der Waals surface area contributed by atoms with Crippen molar-refractivity contribution in [3.8, 4) is 11.4 Å². The number of nitrogens with one attached hydrogen (secondary N) is 1. The highest BCUT2D eigenvalue weighted by Crippen LogP contribution is 2.29. The maximum absolute atomic E-state index is 9.77. The average molecular weight is 422 g/mol. The van der Waals surface area contributed by atoms with E-state index in [-0.39, 0.29) is 11.9 Å². The van der Waals surface area contributed by atoms with Crippen LogP contribution in [-0.2, 0) is 6.42 Å². The minimum atomic E-state index is -0.170. The molecule has 3 heterocycles. The van der Waals surface area contributed by atoms with Gasteiger partial charge in [0.15, 0.2) is 0 Å². The zero-order valence-corrected chi connectivity index (χ0v) is 17.2. The summed E-state index contributed by atoms with van der Waals surface area (Å²) in [5.41, 5.74) is 2.86. The summed E-state index contributed by atoms with van der Waals surface area (Å²) < 4.78 is 2.86. The molecule has 8 heteroatoms. The molecule has 0 radical (unpaired) electrons. The predicted octanol–water partition coefficient (Wildman–Crippen LogP) is 3.89. The summed E-state index contributed by atoms with van der Waals surface area (Å²) in [5.74, 6) is 1.87. The van der Waals surface area contributed by atoms with Crippen LogP contribution >= 0.6 is 11.3 Å². The lowest BCUT2D eigenvalue weighted by molar-refractivity contribution is 0.126. The van der Waals surface area contributed by atoms with E-state index >= 15 is 0 Å². The summed E-state index contributed by atoms with van der Waals surface area (Å²) in [6.07, 6.45) is 7.77. The minimum Gasteiger partial charge on any atom is -0.508 e. The number of hydrogen-bond acceptors (Lipinski definition) is 7. The number of aliphatic hydroxyl groups excluding tert-OH is 1. The molecular weight excluding hydrogens is 398 g/mol. The normalized spacial score (nSPS) is 19.2. The molecule has 3 N–H and O–H groups in total. The Labute approximate surface area is 178 Å². The van der Waals surface area contributed by atoms with Crippen molar-refractivity contribution in [2.45, 2.75) is 44.2 Å². The van der Waals surface area contributed by atoms with Crippen LogP contribution in [0.1, 0.15) is 37.1 Å². The van der Waals surface area contributed by atoms with Gasteiger partial charge in [-0.3, -0.25) is 0 Å². The Morgan fingerprint density at radius 1 is 1.07 bits per heavy atom. The number of aliphatic hydroxyl groups is 1. The van der Waals surface area contributed by atoms with Gasteiger partial charge in [0.2, 0.25) is 0 Å². The van der Waals surface area contributed by atoms with E-state index in [1.165, 1.54) is 0 Å². The van der Waals surface area contributed by atoms with Crippen LogP contribution in [0.3, 0.4) is 0 Å². The van der Waals surface area contributed by atoms with Crippen molar-refractivity contribution in [1.82, 2.24) is 19.7 Å². The smallest absolute Gasteiger partial charge is 0.148 e. The lowest BCUT2D eigenvalue weighted by Crippen LogP contribution is -2.28. The molecule has 0 spiro atoms. The molecule has 0 saturated heterocycles. The van der Waals surface area contributed by atoms with E-state index in [9.17, 15) is 10.2 Å². The second kappa shape index (κ2) is 8.04. The van der Waals surface area contributed by atoms with Crippen molar-refractivity contribution in [1.29, 1.82) is 0 Å². The Hall–Kier alpha value is -2.97. The fraction of sp³-hybridized carbons (Fsp3) is 0.318. The van der Waals surface area contributed by atoms with Crippen molar-refractivity contribution in [2.75, 3.05) is 5.32 Å². The van der Waals surface area contributed by atoms with E-state index < -0.39 is 0 Å². The molecule has 1 saturated carbocycles. The quantitative estimate of drug-likeness (QED) is 0.452. The van der Waals surface area contributed by atoms with E-state index in [0.717, 1.165) is 58.8 Å². The molecule has 1 aromatic carbocycles. The van der Waals surface area contributed by atoms with Crippen LogP contribution in [0.5, 0.6) is 5.75 Å². The highest BCUT2D eigenvalue weighted by atomic mass is 32.1. The number of nitrogens with zero attached hydrogens (tertiary/aromatic N) is 4. The predicted molar refractivity (Wildman–Crippen MR) is 117 cm³/mol. The molecular formula is C22H23N5O2S. The van der Waals surface area contributed by atoms with E-state index in [1.54, 1.807) is 28.2 Å². The SMILES string of the molecule is Oc1ccc(-n2cc(Cc3nc(NC4CCC(O)CC4)c4sccc4n3)cn2)cc1. The second-order valence-corrected chi connectivity index (χ2v) is 8.68. The Bertz CT molecular complexity index is 1150. The third kappa shape index (κ3) is 4.01. The number of fused-ring (bicyclic) bond motifs is 1. The van der Waals surface area contributed by atoms with Crippen LogP contribution < -0.4 is 5.32 Å². The van der Waals surface area contributed by atoms with Crippen LogP contribution in [0.25, 0.3) is 15.9 Å². The summed E-state index contributed by atoms with van der Waals surface area (Å²) >= 11 is 1.65. The first-order chi connectivity index (χ1) is 14.6. The van der Waals surface area contributed by atoms with Gasteiger partial charge in [-0.25, -0.2) is 14.6 Å². The number of phenols is 1. The topological polar surface area (TPSA) is 96.1 Å². The highest BCUT2D eigenvalue weighted by Gasteiger charge is 2.21. The third-order valence-corrected chi connectivity index (χ3v) is 6.41. The van der Waals surface area contributed by atoms with E-state index in [0.29, 0.717) is 12.5 Å². The van der Waals surface area contributed by atoms with E-state index in [4.69, 9.17) is 9.97 Å². The molecule has 1 fully saturated rings. The third-order valence-electron chi connectivity index (χ3n) is 5.50. The fourth-order valence-corrected chi connectivity index (χ4v) is 4.67. The molecule has 0 atom stereocenters. The molecule has 7 nitrogen and oxygen atoms in total. The van der Waals surface area contributed by atoms with Gasteiger partial charge in [0.05, 0.1) is 28.2 Å². The molecule has 154 valence electrons. The highest BCUT2D eigenvalue weighted by molar-refractivity contribution is 7.17. The number of phenolic OH excluding ortho intramolecular Hbond substituents is 1. The maximum Gasteiger partial charge on any atom is 0.148 e. The van der Waals surface area contributed by atoms with Gasteiger partial charge in [-0.2, -0.15) is 5.10 Å². The first-order valence-electron chi connectivity index (χ1n) is 10.2. The zero-order valence-electron chi connectivity index (χ0n) is 16.4. The number of rotatable bonds is 5. The summed E-state index contributed by atoms with van der Waals surface area (Å²) in [7, 11) is 0. The molecule has 1 aliphatic carbocycles. The molecule has 30 heavy (non-hydrogen) atoms. The van der Waals surface area contributed by atoms with Gasteiger partial charge < -0.3 is 15.5 Å². The van der Waals surface area contributed by atoms with Gasteiger partial charge in [-0.1, -0.05) is 0 Å². The van der Waals surface area contributed by atoms with Gasteiger partial charge in [-0.15, -0.1) is 11.3 Å². The molecule has 0 unspecified atom stereocenters. The number of anilines is 1. The van der Waals surface area contributed by atoms with Crippen molar-refractivity contribution in [3.63, 3.8) is 0 Å². The first kappa shape index (κ1) is 19.0. The number of hydrogen-bond donors (Lipinski definition) is 3. The Morgan fingerprint density at radius 2 is 1.87 bits per heavy atom. The van der Waals surface area contributed by atoms with Gasteiger partial charge in [0, 0.05) is 18.7 Å². The number of aromatic hydroxyl groups is 1. The average Bonchev–Trinajstić information content (AvgIpc) is 3.40. The summed E-state index contributed by atoms with van der Waals surface area (Å²) in [6.45, 7) is 0. The van der Waals surface area contributed by atoms with Gasteiger partial charge in [0.1, 0.15) is 17.4 Å². The number of benzene rings is 1. The van der Waals surface area contributed by atoms with Gasteiger partial charge in [0.25, 0.3) is 0 Å². The molecule has 0 bridgehead atoms. The van der Waals surface area contributed by atoms with Crippen molar-refractivity contribution in [2.24, 2.45) is 0 Å². The summed E-state index contributed by atoms with van der Waals surface area (Å²) in [5, 5.41) is 29.3. The Balaban J connectivity index is 1.38. The Kier molecular flexibility index (Phi) is 5.10. The summed E-state index contributed by atoms with van der Waals surface area (Å²) in [4.78, 5) is 9.57. The lowest BCUT2D eigenvalue weighted by atomic mass is 9.93. The maximum atomic E-state index is 9.77. The van der Waals surface area contributed by atoms with Crippen LogP contribution in [-0.4, -0.2) is 42.1 Å². The molecule has 3 aromatic heterocycles. The van der Waals surface area contributed by atoms with Crippen LogP contribution in [0.4, 0.5) is 5.82 Å². The van der Waals surface area contributed by atoms with Gasteiger partial charge in [-0.05, 0) is 67.0 Å². The monoisotopic (exact) mass is 421 g/mol. The molecule has 4 aromatic rings. The van der Waals surface area contributed by atoms with E-state index in [1.807, 2.05) is 36.0 Å². The van der Waals surface area contributed by atoms with Gasteiger partial charge >= 0.3 is 0 Å². The Morgan fingerprint density at radius 3 is 2.67 bits per heavy atom. The fourth-order valence-electron chi connectivity index (χ4n) is 3.88. The molecule has 0 aliphatic heterocycles. The largest absolute Gasteiger partial charge is 0.508 e. The molecule has 5 rings (SSSR count). The zero-order chi connectivity index (χ0) is 20.5. The summed E-state index contributed by atoms with van der Waals surface area (Å²) in [6, 6.07) is 9.30. The van der Waals surface area contributed by atoms with Crippen molar-refractivity contribution < 1.29 is 10.2 Å². The number of thiophene rings is 1. The lowest BCUT2D eigenvalue weighted by Gasteiger charge is -2.26. The molecule has 0 amide bonds. The van der Waals surface area contributed by atoms with Crippen molar-refractivity contribution in [3.05, 3.63) is 59.5 Å². The van der Waals surface area contributed by atoms with Crippen LogP contribution in [0.15, 0.2) is 48.1 Å². The van der Waals surface area contributed by atoms with Crippen molar-refractivity contribution >= 4 is 27.4 Å². The molecule has 1 aliphatic rings. The van der Waals surface area contributed by atoms with E-state index in [2.05, 4.69) is 10.4 Å². The first-order valence-corrected chi connectivity index (χ1v) is 11.0. The standard InChI is InChI=1S/C22H23N5O2S/c28-17-5-1-15(2-6-17)24-22-21-19(9-10-30-21)25-20(26-22)11-14-12-23-27(13-14)16-3-7-18(29)8-4-16/h3-4,7-10,12-13,15,17,28-29H,1-2,5-6,11H2,(H,24,25,26).